The summed E-state index contributed by atoms with van der Waals surface area (Å²) in [5.74, 6) is 0.178. The smallest absolute Gasteiger partial charge is 0.323 e. The van der Waals surface area contributed by atoms with Gasteiger partial charge in [0.25, 0.3) is 0 Å². The van der Waals surface area contributed by atoms with Crippen LogP contribution in [0.25, 0.3) is 0 Å². The first-order chi connectivity index (χ1) is 9.97. The Balaban J connectivity index is 2.45. The number of nitrogens with zero attached hydrogens (tertiary/aromatic N) is 1. The average molecular weight is 296 g/mol. The van der Waals surface area contributed by atoms with Crippen molar-refractivity contribution in [3.05, 3.63) is 11.6 Å². The van der Waals surface area contributed by atoms with Crippen LogP contribution in [0.2, 0.25) is 0 Å². The zero-order chi connectivity index (χ0) is 15.8. The number of carbonyl (C=O) groups excluding carboxylic acids is 1. The molecule has 0 amide bonds. The predicted molar refractivity (Wildman–Crippen MR) is 87.3 cm³/mol. The van der Waals surface area contributed by atoms with Gasteiger partial charge in [-0.25, -0.2) is 0 Å². The van der Waals surface area contributed by atoms with Gasteiger partial charge in [0.05, 0.1) is 7.11 Å². The number of likely N-dealkylation sites (tertiary alicyclic amines) is 1. The van der Waals surface area contributed by atoms with Crippen molar-refractivity contribution in [1.29, 1.82) is 0 Å². The van der Waals surface area contributed by atoms with Crippen molar-refractivity contribution in [2.24, 2.45) is 5.92 Å². The first-order valence-electron chi connectivity index (χ1n) is 8.17. The first-order valence-corrected chi connectivity index (χ1v) is 8.17. The molecule has 0 bridgehead atoms. The Morgan fingerprint density at radius 2 is 2.00 bits per heavy atom. The molecule has 0 aromatic rings. The summed E-state index contributed by atoms with van der Waals surface area (Å²) in [6, 6.07) is 0.250. The van der Waals surface area contributed by atoms with Crippen LogP contribution in [0.4, 0.5) is 0 Å². The maximum absolute atomic E-state index is 11.9. The van der Waals surface area contributed by atoms with Gasteiger partial charge in [-0.2, -0.15) is 0 Å². The van der Waals surface area contributed by atoms with Crippen molar-refractivity contribution in [3.8, 4) is 0 Å². The molecule has 0 aromatic heterocycles. The summed E-state index contributed by atoms with van der Waals surface area (Å²) < 4.78 is 4.94. The van der Waals surface area contributed by atoms with Gasteiger partial charge in [0.15, 0.2) is 0 Å². The van der Waals surface area contributed by atoms with Crippen LogP contribution < -0.4 is 5.32 Å². The third kappa shape index (κ3) is 6.18. The molecule has 4 heteroatoms. The van der Waals surface area contributed by atoms with E-state index in [1.807, 2.05) is 0 Å². The fourth-order valence-electron chi connectivity index (χ4n) is 2.68. The highest BCUT2D eigenvalue weighted by Gasteiger charge is 2.29. The number of ether oxygens (including phenoxy) is 1. The van der Waals surface area contributed by atoms with Crippen LogP contribution in [0, 0.1) is 5.92 Å². The minimum Gasteiger partial charge on any atom is -0.468 e. The maximum Gasteiger partial charge on any atom is 0.323 e. The Labute approximate surface area is 129 Å². The monoisotopic (exact) mass is 296 g/mol. The van der Waals surface area contributed by atoms with Gasteiger partial charge in [-0.1, -0.05) is 31.9 Å². The third-order valence-electron chi connectivity index (χ3n) is 4.43. The van der Waals surface area contributed by atoms with E-state index in [1.165, 1.54) is 12.7 Å². The summed E-state index contributed by atoms with van der Waals surface area (Å²) in [7, 11) is 1.47. The molecule has 0 aliphatic carbocycles. The van der Waals surface area contributed by atoms with Crippen LogP contribution in [0.5, 0.6) is 0 Å². The zero-order valence-electron chi connectivity index (χ0n) is 14.3. The summed E-state index contributed by atoms with van der Waals surface area (Å²) in [4.78, 5) is 14.4. The molecule has 1 heterocycles. The Morgan fingerprint density at radius 3 is 2.48 bits per heavy atom. The molecule has 1 aliphatic rings. The lowest BCUT2D eigenvalue weighted by Gasteiger charge is -2.34. The number of carbonyl (C=O) groups is 1. The maximum atomic E-state index is 11.9. The number of rotatable bonds is 7. The third-order valence-corrected chi connectivity index (χ3v) is 4.43. The number of hydrogen-bond donors (Lipinski definition) is 1. The topological polar surface area (TPSA) is 41.6 Å². The van der Waals surface area contributed by atoms with Crippen molar-refractivity contribution in [1.82, 2.24) is 10.2 Å². The van der Waals surface area contributed by atoms with Crippen LogP contribution >= 0.6 is 0 Å². The van der Waals surface area contributed by atoms with Crippen molar-refractivity contribution >= 4 is 5.97 Å². The predicted octanol–water partition coefficient (Wildman–Crippen LogP) is 2.59. The molecule has 122 valence electrons. The van der Waals surface area contributed by atoms with E-state index in [1.54, 1.807) is 0 Å². The molecule has 1 rings (SSSR count). The van der Waals surface area contributed by atoms with Crippen molar-refractivity contribution in [2.45, 2.75) is 59.0 Å². The minimum atomic E-state index is -0.172. The average Bonchev–Trinajstić information content (AvgIpc) is 2.50. The fraction of sp³-hybridized carbons (Fsp3) is 0.824. The Bertz CT molecular complexity index is 343. The number of nitrogens with one attached hydrogen (secondary N) is 1. The first kappa shape index (κ1) is 18.2. The van der Waals surface area contributed by atoms with E-state index in [0.717, 1.165) is 38.9 Å². The SMILES string of the molecule is CCC(C)C(NC1CCN(CC=C(C)C)CC1)C(=O)OC. The summed E-state index contributed by atoms with van der Waals surface area (Å²) in [6.45, 7) is 11.7. The second kappa shape index (κ2) is 9.21. The van der Waals surface area contributed by atoms with Crippen molar-refractivity contribution in [3.63, 3.8) is 0 Å². The molecule has 1 N–H and O–H groups in total. The molecule has 1 saturated heterocycles. The normalized spacial score (nSPS) is 19.9. The van der Waals surface area contributed by atoms with E-state index in [9.17, 15) is 4.79 Å². The molecule has 1 aliphatic heterocycles. The highest BCUT2D eigenvalue weighted by Crippen LogP contribution is 2.15. The molecule has 21 heavy (non-hydrogen) atoms. The molecular weight excluding hydrogens is 264 g/mol. The lowest BCUT2D eigenvalue weighted by molar-refractivity contribution is -0.144. The van der Waals surface area contributed by atoms with Gasteiger partial charge in [0.1, 0.15) is 6.04 Å². The van der Waals surface area contributed by atoms with E-state index < -0.39 is 0 Å². The van der Waals surface area contributed by atoms with Gasteiger partial charge < -0.3 is 10.1 Å². The number of allylic oxidation sites excluding steroid dienone is 1. The quantitative estimate of drug-likeness (QED) is 0.579. The second-order valence-electron chi connectivity index (χ2n) is 6.41. The molecule has 4 nitrogen and oxygen atoms in total. The molecule has 0 aromatic carbocycles. The molecule has 0 radical (unpaired) electrons. The molecule has 0 spiro atoms. The number of piperidine rings is 1. The Hall–Kier alpha value is -0.870. The van der Waals surface area contributed by atoms with Crippen LogP contribution in [-0.4, -0.2) is 49.7 Å². The van der Waals surface area contributed by atoms with E-state index in [0.29, 0.717) is 12.0 Å². The molecule has 1 fully saturated rings. The summed E-state index contributed by atoms with van der Waals surface area (Å²) in [6.07, 6.45) is 5.46. The molecular formula is C17H32N2O2. The summed E-state index contributed by atoms with van der Waals surface area (Å²) >= 11 is 0. The van der Waals surface area contributed by atoms with Gasteiger partial charge in [-0.3, -0.25) is 9.69 Å². The largest absolute Gasteiger partial charge is 0.468 e. The van der Waals surface area contributed by atoms with E-state index >= 15 is 0 Å². The Kier molecular flexibility index (Phi) is 7.97. The van der Waals surface area contributed by atoms with Crippen molar-refractivity contribution in [2.75, 3.05) is 26.7 Å². The summed E-state index contributed by atoms with van der Waals surface area (Å²) in [5.41, 5.74) is 1.37. The van der Waals surface area contributed by atoms with E-state index in [2.05, 4.69) is 44.0 Å². The van der Waals surface area contributed by atoms with Crippen LogP contribution in [0.1, 0.15) is 47.0 Å². The Morgan fingerprint density at radius 1 is 1.38 bits per heavy atom. The molecule has 0 saturated carbocycles. The van der Waals surface area contributed by atoms with Gasteiger partial charge >= 0.3 is 5.97 Å². The van der Waals surface area contributed by atoms with E-state index in [-0.39, 0.29) is 12.0 Å². The lowest BCUT2D eigenvalue weighted by atomic mass is 9.96. The second-order valence-corrected chi connectivity index (χ2v) is 6.41. The van der Waals surface area contributed by atoms with Crippen LogP contribution in [0.15, 0.2) is 11.6 Å². The minimum absolute atomic E-state index is 0.128. The number of hydrogen-bond acceptors (Lipinski definition) is 4. The van der Waals surface area contributed by atoms with Gasteiger partial charge in [0.2, 0.25) is 0 Å². The highest BCUT2D eigenvalue weighted by molar-refractivity contribution is 5.76. The zero-order valence-corrected chi connectivity index (χ0v) is 14.3. The fourth-order valence-corrected chi connectivity index (χ4v) is 2.68. The lowest BCUT2D eigenvalue weighted by Crippen LogP contribution is -2.51. The van der Waals surface area contributed by atoms with Gasteiger partial charge in [-0.15, -0.1) is 0 Å². The summed E-state index contributed by atoms with van der Waals surface area (Å²) in [5, 5.41) is 3.53. The standard InChI is InChI=1S/C17H32N2O2/c1-6-14(4)16(17(20)21-5)18-15-8-11-19(12-9-15)10-7-13(2)3/h7,14-16,18H,6,8-12H2,1-5H3. The molecule has 2 atom stereocenters. The number of esters is 1. The van der Waals surface area contributed by atoms with Crippen LogP contribution in [0.3, 0.4) is 0 Å². The number of methoxy groups -OCH3 is 1. The van der Waals surface area contributed by atoms with Crippen LogP contribution in [-0.2, 0) is 9.53 Å². The molecule has 2 unspecified atom stereocenters. The van der Waals surface area contributed by atoms with E-state index in [4.69, 9.17) is 4.74 Å². The highest BCUT2D eigenvalue weighted by atomic mass is 16.5. The van der Waals surface area contributed by atoms with Crippen molar-refractivity contribution < 1.29 is 9.53 Å². The van der Waals surface area contributed by atoms with Gasteiger partial charge in [0, 0.05) is 12.6 Å². The van der Waals surface area contributed by atoms with Gasteiger partial charge in [-0.05, 0) is 45.7 Å².